The van der Waals surface area contributed by atoms with Crippen molar-refractivity contribution in [2.24, 2.45) is 0 Å². The highest BCUT2D eigenvalue weighted by Gasteiger charge is 2.13. The first-order valence-electron chi connectivity index (χ1n) is 7.00. The molecule has 3 aromatic heterocycles. The zero-order chi connectivity index (χ0) is 15.6. The summed E-state index contributed by atoms with van der Waals surface area (Å²) >= 11 is 1.55. The molecule has 23 heavy (non-hydrogen) atoms. The molecule has 0 radical (unpaired) electrons. The maximum atomic E-state index is 5.27. The predicted octanol–water partition coefficient (Wildman–Crippen LogP) is 2.67. The Morgan fingerprint density at radius 2 is 2.04 bits per heavy atom. The van der Waals surface area contributed by atoms with Crippen LogP contribution in [0.15, 0.2) is 46.4 Å². The molecular weight excluding hydrogens is 312 g/mol. The predicted molar refractivity (Wildman–Crippen MR) is 84.3 cm³/mol. The summed E-state index contributed by atoms with van der Waals surface area (Å²) in [5, 5.41) is 15.5. The van der Waals surface area contributed by atoms with Crippen molar-refractivity contribution in [3.8, 4) is 17.2 Å². The molecule has 114 valence electrons. The van der Waals surface area contributed by atoms with Crippen molar-refractivity contribution >= 4 is 11.3 Å². The van der Waals surface area contributed by atoms with E-state index in [2.05, 4.69) is 25.3 Å². The molecule has 0 aliphatic rings. The molecule has 1 aromatic carbocycles. The van der Waals surface area contributed by atoms with Crippen molar-refractivity contribution in [2.75, 3.05) is 0 Å². The van der Waals surface area contributed by atoms with Crippen LogP contribution in [0.25, 0.3) is 17.2 Å². The Morgan fingerprint density at radius 3 is 2.83 bits per heavy atom. The van der Waals surface area contributed by atoms with E-state index in [1.807, 2.05) is 42.6 Å². The quantitative estimate of drug-likeness (QED) is 0.574. The van der Waals surface area contributed by atoms with Gasteiger partial charge in [-0.3, -0.25) is 0 Å². The van der Waals surface area contributed by atoms with Crippen LogP contribution in [-0.2, 0) is 6.42 Å². The van der Waals surface area contributed by atoms with E-state index < -0.39 is 0 Å². The Bertz CT molecular complexity index is 926. The number of rotatable bonds is 4. The Morgan fingerprint density at radius 1 is 1.17 bits per heavy atom. The van der Waals surface area contributed by atoms with E-state index in [0.29, 0.717) is 18.1 Å². The second-order valence-corrected chi connectivity index (χ2v) is 5.96. The molecule has 8 heteroatoms. The molecule has 0 atom stereocenters. The van der Waals surface area contributed by atoms with Crippen molar-refractivity contribution in [1.82, 2.24) is 30.1 Å². The minimum Gasteiger partial charge on any atom is -0.338 e. The molecule has 0 N–H and O–H groups in total. The summed E-state index contributed by atoms with van der Waals surface area (Å²) in [7, 11) is 0. The van der Waals surface area contributed by atoms with Crippen molar-refractivity contribution in [1.29, 1.82) is 0 Å². The highest BCUT2D eigenvalue weighted by molar-refractivity contribution is 7.09. The molecule has 0 aliphatic carbocycles. The monoisotopic (exact) mass is 324 g/mol. The Balaban J connectivity index is 1.53. The standard InChI is InChI=1S/C15H12N6OS/c1-10-17-13(9-23-10)15-18-14(22-20-15)7-11-8-16-21(19-11)12-5-3-2-4-6-12/h2-6,8-9H,7H2,1H3. The van der Waals surface area contributed by atoms with E-state index in [-0.39, 0.29) is 0 Å². The SMILES string of the molecule is Cc1nc(-c2noc(Cc3cnn(-c4ccccc4)n3)n2)cs1. The van der Waals surface area contributed by atoms with Gasteiger partial charge in [-0.25, -0.2) is 4.98 Å². The van der Waals surface area contributed by atoms with Crippen LogP contribution >= 0.6 is 11.3 Å². The molecule has 0 fully saturated rings. The molecule has 0 unspecified atom stereocenters. The zero-order valence-corrected chi connectivity index (χ0v) is 13.1. The summed E-state index contributed by atoms with van der Waals surface area (Å²) in [5.74, 6) is 0.991. The molecule has 0 saturated carbocycles. The number of aryl methyl sites for hydroxylation is 1. The third kappa shape index (κ3) is 2.88. The molecule has 0 spiro atoms. The smallest absolute Gasteiger partial charge is 0.233 e. The number of benzene rings is 1. The Labute approximate surface area is 135 Å². The van der Waals surface area contributed by atoms with Crippen molar-refractivity contribution in [3.63, 3.8) is 0 Å². The molecule has 4 aromatic rings. The first-order valence-corrected chi connectivity index (χ1v) is 7.87. The second kappa shape index (κ2) is 5.73. The molecule has 7 nitrogen and oxygen atoms in total. The van der Waals surface area contributed by atoms with E-state index in [1.54, 1.807) is 22.3 Å². The molecule has 3 heterocycles. The topological polar surface area (TPSA) is 82.5 Å². The molecule has 0 saturated heterocycles. The van der Waals surface area contributed by atoms with Gasteiger partial charge in [-0.2, -0.15) is 20.0 Å². The average Bonchev–Trinajstić information content (AvgIpc) is 3.29. The van der Waals surface area contributed by atoms with Crippen molar-refractivity contribution in [3.05, 3.63) is 58.5 Å². The van der Waals surface area contributed by atoms with Gasteiger partial charge in [0.25, 0.3) is 0 Å². The summed E-state index contributed by atoms with van der Waals surface area (Å²) in [4.78, 5) is 10.3. The minimum atomic E-state index is 0.433. The summed E-state index contributed by atoms with van der Waals surface area (Å²) < 4.78 is 5.27. The van der Waals surface area contributed by atoms with Gasteiger partial charge >= 0.3 is 0 Å². The third-order valence-electron chi connectivity index (χ3n) is 3.17. The highest BCUT2D eigenvalue weighted by Crippen LogP contribution is 2.19. The van der Waals surface area contributed by atoms with Crippen LogP contribution in [0.2, 0.25) is 0 Å². The van der Waals surface area contributed by atoms with Crippen molar-refractivity contribution < 1.29 is 4.52 Å². The lowest BCUT2D eigenvalue weighted by Gasteiger charge is -1.96. The molecule has 0 bridgehead atoms. The van der Waals surface area contributed by atoms with Gasteiger partial charge in [0.2, 0.25) is 11.7 Å². The van der Waals surface area contributed by atoms with Crippen LogP contribution in [0.3, 0.4) is 0 Å². The summed E-state index contributed by atoms with van der Waals surface area (Å²) in [5.41, 5.74) is 2.40. The van der Waals surface area contributed by atoms with Crippen LogP contribution in [0.5, 0.6) is 0 Å². The van der Waals surface area contributed by atoms with Gasteiger partial charge in [0.1, 0.15) is 5.69 Å². The van der Waals surface area contributed by atoms with E-state index in [9.17, 15) is 0 Å². The second-order valence-electron chi connectivity index (χ2n) is 4.90. The van der Waals surface area contributed by atoms with Crippen LogP contribution in [0.4, 0.5) is 0 Å². The van der Waals surface area contributed by atoms with Crippen LogP contribution in [-0.4, -0.2) is 30.1 Å². The van der Waals surface area contributed by atoms with Crippen LogP contribution in [0, 0.1) is 6.92 Å². The van der Waals surface area contributed by atoms with E-state index >= 15 is 0 Å². The van der Waals surface area contributed by atoms with E-state index in [0.717, 1.165) is 22.1 Å². The first kappa shape index (κ1) is 13.8. The van der Waals surface area contributed by atoms with Gasteiger partial charge in [-0.15, -0.1) is 11.3 Å². The van der Waals surface area contributed by atoms with Crippen LogP contribution in [0.1, 0.15) is 16.6 Å². The minimum absolute atomic E-state index is 0.433. The lowest BCUT2D eigenvalue weighted by atomic mass is 10.3. The summed E-state index contributed by atoms with van der Waals surface area (Å²) in [6.45, 7) is 1.94. The molecule has 4 rings (SSSR count). The van der Waals surface area contributed by atoms with Gasteiger partial charge in [0, 0.05) is 5.38 Å². The maximum absolute atomic E-state index is 5.27. The fourth-order valence-electron chi connectivity index (χ4n) is 2.11. The van der Waals surface area contributed by atoms with Gasteiger partial charge in [0.15, 0.2) is 0 Å². The molecule has 0 amide bonds. The van der Waals surface area contributed by atoms with Crippen molar-refractivity contribution in [2.45, 2.75) is 13.3 Å². The number of thiazole rings is 1. The molecule has 0 aliphatic heterocycles. The highest BCUT2D eigenvalue weighted by atomic mass is 32.1. The fraction of sp³-hybridized carbons (Fsp3) is 0.133. The largest absolute Gasteiger partial charge is 0.338 e. The van der Waals surface area contributed by atoms with Gasteiger partial charge in [-0.1, -0.05) is 23.4 Å². The maximum Gasteiger partial charge on any atom is 0.233 e. The number of nitrogens with zero attached hydrogens (tertiary/aromatic N) is 6. The fourth-order valence-corrected chi connectivity index (χ4v) is 2.70. The number of hydrogen-bond acceptors (Lipinski definition) is 7. The first-order chi connectivity index (χ1) is 11.3. The van der Waals surface area contributed by atoms with E-state index in [4.69, 9.17) is 4.52 Å². The lowest BCUT2D eigenvalue weighted by molar-refractivity contribution is 0.384. The van der Waals surface area contributed by atoms with Crippen LogP contribution < -0.4 is 0 Å². The van der Waals surface area contributed by atoms with Gasteiger partial charge in [0.05, 0.1) is 29.0 Å². The third-order valence-corrected chi connectivity index (χ3v) is 3.95. The normalized spacial score (nSPS) is 11.0. The van der Waals surface area contributed by atoms with E-state index in [1.165, 1.54) is 0 Å². The Hall–Kier alpha value is -2.87. The number of hydrogen-bond donors (Lipinski definition) is 0. The number of para-hydroxylation sites is 1. The molecular formula is C15H12N6OS. The summed E-state index contributed by atoms with van der Waals surface area (Å²) in [6.07, 6.45) is 2.13. The zero-order valence-electron chi connectivity index (χ0n) is 12.2. The number of aromatic nitrogens is 6. The summed E-state index contributed by atoms with van der Waals surface area (Å²) in [6, 6.07) is 9.73. The lowest BCUT2D eigenvalue weighted by Crippen LogP contribution is -1.99. The Kier molecular flexibility index (Phi) is 3.43. The van der Waals surface area contributed by atoms with Gasteiger partial charge in [-0.05, 0) is 19.1 Å². The van der Waals surface area contributed by atoms with Gasteiger partial charge < -0.3 is 4.52 Å². The average molecular weight is 324 g/mol.